The van der Waals surface area contributed by atoms with E-state index in [0.29, 0.717) is 13.1 Å². The van der Waals surface area contributed by atoms with Crippen molar-refractivity contribution in [2.75, 3.05) is 26.2 Å². The summed E-state index contributed by atoms with van der Waals surface area (Å²) in [6.45, 7) is 6.14. The lowest BCUT2D eigenvalue weighted by atomic mass is 10.1. The summed E-state index contributed by atoms with van der Waals surface area (Å²) >= 11 is 0. The molecule has 1 aromatic carbocycles. The van der Waals surface area contributed by atoms with E-state index in [1.807, 2.05) is 20.0 Å². The van der Waals surface area contributed by atoms with Gasteiger partial charge in [-0.25, -0.2) is 4.39 Å². The second-order valence-electron chi connectivity index (χ2n) is 5.69. The highest BCUT2D eigenvalue weighted by Gasteiger charge is 2.06. The zero-order valence-corrected chi connectivity index (χ0v) is 16.4. The van der Waals surface area contributed by atoms with Gasteiger partial charge in [-0.15, -0.1) is 24.0 Å². The van der Waals surface area contributed by atoms with E-state index < -0.39 is 0 Å². The molecule has 0 spiro atoms. The molecule has 1 aromatic heterocycles. The van der Waals surface area contributed by atoms with E-state index in [1.54, 1.807) is 12.1 Å². The molecule has 0 aliphatic heterocycles. The third-order valence-corrected chi connectivity index (χ3v) is 3.63. The Balaban J connectivity index is 0.00000288. The van der Waals surface area contributed by atoms with Crippen LogP contribution in [-0.2, 0) is 6.42 Å². The highest BCUT2D eigenvalue weighted by Crippen LogP contribution is 2.19. The van der Waals surface area contributed by atoms with Gasteiger partial charge in [0.2, 0.25) is 0 Å². The number of benzene rings is 1. The predicted octanol–water partition coefficient (Wildman–Crippen LogP) is 2.65. The van der Waals surface area contributed by atoms with Crippen LogP contribution in [0.2, 0.25) is 0 Å². The van der Waals surface area contributed by atoms with Gasteiger partial charge in [0.25, 0.3) is 0 Å². The molecule has 7 heteroatoms. The molecule has 0 amide bonds. The predicted molar refractivity (Wildman–Crippen MR) is 108 cm³/mol. The van der Waals surface area contributed by atoms with E-state index in [4.69, 9.17) is 5.11 Å². The van der Waals surface area contributed by atoms with Crippen LogP contribution in [0, 0.1) is 11.7 Å². The summed E-state index contributed by atoms with van der Waals surface area (Å²) in [7, 11) is 0. The van der Waals surface area contributed by atoms with Crippen LogP contribution in [0.15, 0.2) is 29.4 Å². The third kappa shape index (κ3) is 5.94. The number of nitrogens with zero attached hydrogens (tertiary/aromatic N) is 1. The Labute approximate surface area is 159 Å². The summed E-state index contributed by atoms with van der Waals surface area (Å²) in [5, 5.41) is 16.4. The van der Waals surface area contributed by atoms with Crippen LogP contribution < -0.4 is 10.6 Å². The van der Waals surface area contributed by atoms with Gasteiger partial charge in [-0.05, 0) is 43.0 Å². The van der Waals surface area contributed by atoms with Gasteiger partial charge in [0, 0.05) is 43.3 Å². The lowest BCUT2D eigenvalue weighted by Gasteiger charge is -2.12. The van der Waals surface area contributed by atoms with Gasteiger partial charge in [0.15, 0.2) is 5.96 Å². The Bertz CT molecular complexity index is 659. The molecule has 2 aromatic rings. The monoisotopic (exact) mass is 448 g/mol. The number of hydrogen-bond donors (Lipinski definition) is 4. The molecule has 24 heavy (non-hydrogen) atoms. The van der Waals surface area contributed by atoms with Crippen molar-refractivity contribution in [3.63, 3.8) is 0 Å². The average molecular weight is 448 g/mol. The van der Waals surface area contributed by atoms with Crippen LogP contribution in [0.1, 0.15) is 19.4 Å². The van der Waals surface area contributed by atoms with E-state index in [9.17, 15) is 4.39 Å². The minimum atomic E-state index is -0.223. The van der Waals surface area contributed by atoms with Crippen LogP contribution >= 0.6 is 24.0 Å². The van der Waals surface area contributed by atoms with Crippen LogP contribution in [0.3, 0.4) is 0 Å². The number of H-pyrrole nitrogens is 1. The number of fused-ring (bicyclic) bond motifs is 1. The number of rotatable bonds is 7. The van der Waals surface area contributed by atoms with Gasteiger partial charge in [0.05, 0.1) is 0 Å². The van der Waals surface area contributed by atoms with Gasteiger partial charge in [0.1, 0.15) is 5.82 Å². The van der Waals surface area contributed by atoms with E-state index in [2.05, 4.69) is 20.6 Å². The number of aliphatic hydroxyl groups is 1. The number of nitrogens with one attached hydrogen (secondary N) is 3. The molecule has 0 saturated carbocycles. The zero-order valence-electron chi connectivity index (χ0n) is 14.1. The number of aliphatic hydroxyl groups excluding tert-OH is 1. The van der Waals surface area contributed by atoms with E-state index in [1.165, 1.54) is 6.07 Å². The summed E-state index contributed by atoms with van der Waals surface area (Å²) in [5.74, 6) is 0.653. The molecular formula is C17H26FIN4O. The Hall–Kier alpha value is -1.35. The van der Waals surface area contributed by atoms with E-state index in [-0.39, 0.29) is 42.3 Å². The molecule has 4 N–H and O–H groups in total. The molecule has 0 aliphatic rings. The largest absolute Gasteiger partial charge is 0.396 e. The quantitative estimate of drug-likeness (QED) is 0.299. The molecule has 0 radical (unpaired) electrons. The molecule has 2 rings (SSSR count). The Morgan fingerprint density at radius 1 is 1.38 bits per heavy atom. The first-order valence-electron chi connectivity index (χ1n) is 8.02. The van der Waals surface area contributed by atoms with Crippen LogP contribution in [-0.4, -0.2) is 42.3 Å². The van der Waals surface area contributed by atoms with E-state index >= 15 is 0 Å². The standard InChI is InChI=1S/C17H25FN4O.HI/c1-3-19-17(22-9-12(2)11-23)20-7-6-13-10-21-16-5-4-14(18)8-15(13)16;/h4-5,8,10,12,21,23H,3,6-7,9,11H2,1-2H3,(H2,19,20,22);1H. The number of aliphatic imine (C=N–C) groups is 1. The van der Waals surface area contributed by atoms with Gasteiger partial charge < -0.3 is 20.7 Å². The number of hydrogen-bond acceptors (Lipinski definition) is 2. The molecular weight excluding hydrogens is 422 g/mol. The smallest absolute Gasteiger partial charge is 0.191 e. The summed E-state index contributed by atoms with van der Waals surface area (Å²) < 4.78 is 13.4. The summed E-state index contributed by atoms with van der Waals surface area (Å²) in [6, 6.07) is 4.77. The molecule has 1 atom stereocenters. The molecule has 0 aliphatic carbocycles. The SMILES string of the molecule is CCNC(=NCC(C)CO)NCCc1c[nH]c2ccc(F)cc12.I. The van der Waals surface area contributed by atoms with Gasteiger partial charge >= 0.3 is 0 Å². The van der Waals surface area contributed by atoms with Crippen LogP contribution in [0.25, 0.3) is 10.9 Å². The summed E-state index contributed by atoms with van der Waals surface area (Å²) in [5.41, 5.74) is 2.02. The van der Waals surface area contributed by atoms with Crippen molar-refractivity contribution in [1.29, 1.82) is 0 Å². The number of aromatic nitrogens is 1. The average Bonchev–Trinajstić information content (AvgIpc) is 2.94. The fourth-order valence-corrected chi connectivity index (χ4v) is 2.32. The molecule has 134 valence electrons. The van der Waals surface area contributed by atoms with Crippen LogP contribution in [0.5, 0.6) is 0 Å². The fraction of sp³-hybridized carbons (Fsp3) is 0.471. The maximum Gasteiger partial charge on any atom is 0.191 e. The Morgan fingerprint density at radius 2 is 2.17 bits per heavy atom. The van der Waals surface area contributed by atoms with E-state index in [0.717, 1.165) is 35.4 Å². The molecule has 5 nitrogen and oxygen atoms in total. The topological polar surface area (TPSA) is 72.4 Å². The third-order valence-electron chi connectivity index (χ3n) is 3.63. The van der Waals surface area contributed by atoms with Crippen LogP contribution in [0.4, 0.5) is 4.39 Å². The number of guanidine groups is 1. The maximum atomic E-state index is 13.4. The molecule has 0 fully saturated rings. The highest BCUT2D eigenvalue weighted by molar-refractivity contribution is 14.0. The Morgan fingerprint density at radius 3 is 2.88 bits per heavy atom. The summed E-state index contributed by atoms with van der Waals surface area (Å²) in [4.78, 5) is 7.60. The number of halogens is 2. The Kier molecular flexibility index (Phi) is 9.05. The van der Waals surface area contributed by atoms with Crippen molar-refractivity contribution >= 4 is 40.8 Å². The second-order valence-corrected chi connectivity index (χ2v) is 5.69. The summed E-state index contributed by atoms with van der Waals surface area (Å²) in [6.07, 6.45) is 2.69. The fourth-order valence-electron chi connectivity index (χ4n) is 2.32. The first kappa shape index (κ1) is 20.7. The first-order valence-corrected chi connectivity index (χ1v) is 8.02. The first-order chi connectivity index (χ1) is 11.1. The molecule has 1 heterocycles. The van der Waals surface area contributed by atoms with Crippen molar-refractivity contribution in [2.24, 2.45) is 10.9 Å². The van der Waals surface area contributed by atoms with Crippen molar-refractivity contribution in [1.82, 2.24) is 15.6 Å². The minimum Gasteiger partial charge on any atom is -0.396 e. The van der Waals surface area contributed by atoms with Gasteiger partial charge in [-0.3, -0.25) is 4.99 Å². The second kappa shape index (κ2) is 10.5. The highest BCUT2D eigenvalue weighted by atomic mass is 127. The minimum absolute atomic E-state index is 0. The van der Waals surface area contributed by atoms with Crippen molar-refractivity contribution < 1.29 is 9.50 Å². The molecule has 1 unspecified atom stereocenters. The van der Waals surface area contributed by atoms with Crippen molar-refractivity contribution in [2.45, 2.75) is 20.3 Å². The number of aromatic amines is 1. The van der Waals surface area contributed by atoms with Crippen molar-refractivity contribution in [3.8, 4) is 0 Å². The van der Waals surface area contributed by atoms with Gasteiger partial charge in [-0.2, -0.15) is 0 Å². The lowest BCUT2D eigenvalue weighted by Crippen LogP contribution is -2.38. The molecule has 0 saturated heterocycles. The lowest BCUT2D eigenvalue weighted by molar-refractivity contribution is 0.241. The molecule has 0 bridgehead atoms. The normalized spacial score (nSPS) is 12.8. The van der Waals surface area contributed by atoms with Gasteiger partial charge in [-0.1, -0.05) is 6.92 Å². The van der Waals surface area contributed by atoms with Crippen molar-refractivity contribution in [3.05, 3.63) is 35.8 Å². The zero-order chi connectivity index (χ0) is 16.7. The maximum absolute atomic E-state index is 13.4.